The molecule has 0 unspecified atom stereocenters. The van der Waals surface area contributed by atoms with Crippen molar-refractivity contribution in [2.45, 2.75) is 89.1 Å². The monoisotopic (exact) mass is 614 g/mol. The maximum absolute atomic E-state index is 18.0. The van der Waals surface area contributed by atoms with E-state index >= 15 is 4.39 Å². The Morgan fingerprint density at radius 2 is 1.93 bits per heavy atom. The number of benzene rings is 1. The van der Waals surface area contributed by atoms with Crippen molar-refractivity contribution in [2.24, 2.45) is 22.7 Å². The quantitative estimate of drug-likeness (QED) is 0.509. The summed E-state index contributed by atoms with van der Waals surface area (Å²) >= 11 is 3.49. The number of hydrogen-bond donors (Lipinski definition) is 2. The van der Waals surface area contributed by atoms with E-state index in [2.05, 4.69) is 27.1 Å². The van der Waals surface area contributed by atoms with Crippen LogP contribution in [0.1, 0.15) is 64.6 Å². The highest BCUT2D eigenvalue weighted by molar-refractivity contribution is 9.10. The van der Waals surface area contributed by atoms with Crippen molar-refractivity contribution < 1.29 is 28.9 Å². The van der Waals surface area contributed by atoms with Gasteiger partial charge in [0, 0.05) is 21.2 Å². The number of rotatable bonds is 3. The Morgan fingerprint density at radius 3 is 2.62 bits per heavy atom. The van der Waals surface area contributed by atoms with E-state index in [1.165, 1.54) is 0 Å². The number of ketones is 1. The molecule has 1 aliphatic heterocycles. The summed E-state index contributed by atoms with van der Waals surface area (Å²) in [6.07, 6.45) is 4.18. The Balaban J connectivity index is 1.30. The number of carbonyl (C=O) groups excluding carboxylic acids is 1. The summed E-state index contributed by atoms with van der Waals surface area (Å²) in [5.74, 6) is -2.20. The highest BCUT2D eigenvalue weighted by Crippen LogP contribution is 2.72. The molecule has 5 aliphatic rings. The van der Waals surface area contributed by atoms with Crippen LogP contribution < -0.4 is 0 Å². The molecule has 0 amide bonds. The van der Waals surface area contributed by atoms with Crippen LogP contribution in [-0.2, 0) is 20.7 Å². The SMILES string of the molecule is CC1(C)O[C@@H]2C[C@H]3[C@@H]4CCC5=Cc6c(cnn6-c6ccc(Br)cc6)C[C@]5(C)[C@@]4(F)[C@@H](O)C[C@]3(C)[C@]2(C(=O)CO)O1. The number of fused-ring (bicyclic) bond motifs is 8. The van der Waals surface area contributed by atoms with Crippen molar-refractivity contribution in [2.75, 3.05) is 6.61 Å². The van der Waals surface area contributed by atoms with Gasteiger partial charge in [-0.05, 0) is 87.8 Å². The van der Waals surface area contributed by atoms with Gasteiger partial charge in [-0.1, -0.05) is 35.4 Å². The zero-order valence-corrected chi connectivity index (χ0v) is 24.9. The summed E-state index contributed by atoms with van der Waals surface area (Å²) in [4.78, 5) is 13.4. The van der Waals surface area contributed by atoms with Crippen LogP contribution in [-0.4, -0.2) is 61.6 Å². The van der Waals surface area contributed by atoms with Gasteiger partial charge < -0.3 is 19.7 Å². The minimum atomic E-state index is -1.91. The molecule has 8 atom stereocenters. The van der Waals surface area contributed by atoms with E-state index in [9.17, 15) is 15.0 Å². The molecule has 2 heterocycles. The van der Waals surface area contributed by atoms with E-state index in [0.717, 1.165) is 27.0 Å². The minimum absolute atomic E-state index is 0.0558. The lowest BCUT2D eigenvalue weighted by atomic mass is 9.43. The second-order valence-corrected chi connectivity index (χ2v) is 14.4. The van der Waals surface area contributed by atoms with E-state index < -0.39 is 58.4 Å². The predicted octanol–water partition coefficient (Wildman–Crippen LogP) is 4.94. The van der Waals surface area contributed by atoms with Gasteiger partial charge in [0.2, 0.25) is 0 Å². The Bertz CT molecular complexity index is 1440. The summed E-state index contributed by atoms with van der Waals surface area (Å²) in [5, 5.41) is 26.5. The van der Waals surface area contributed by atoms with Gasteiger partial charge in [0.25, 0.3) is 0 Å². The Hall–Kier alpha value is -1.91. The highest BCUT2D eigenvalue weighted by atomic mass is 79.9. The van der Waals surface area contributed by atoms with Gasteiger partial charge in [-0.2, -0.15) is 5.10 Å². The van der Waals surface area contributed by atoms with E-state index in [0.29, 0.717) is 25.7 Å². The van der Waals surface area contributed by atoms with Crippen LogP contribution in [0.5, 0.6) is 0 Å². The Morgan fingerprint density at radius 1 is 1.20 bits per heavy atom. The number of halogens is 2. The Kier molecular flexibility index (Phi) is 5.62. The molecular formula is C31H36BrFN2O5. The first-order valence-electron chi connectivity index (χ1n) is 14.2. The molecule has 1 saturated heterocycles. The second-order valence-electron chi connectivity index (χ2n) is 13.4. The fourth-order valence-electron chi connectivity index (χ4n) is 9.56. The van der Waals surface area contributed by atoms with Gasteiger partial charge in [0.05, 0.1) is 29.8 Å². The molecule has 40 heavy (non-hydrogen) atoms. The van der Waals surface area contributed by atoms with Gasteiger partial charge in [-0.25, -0.2) is 9.07 Å². The van der Waals surface area contributed by atoms with Crippen molar-refractivity contribution in [3.8, 4) is 5.69 Å². The number of hydrogen-bond acceptors (Lipinski definition) is 6. The Labute approximate surface area is 241 Å². The third-order valence-electron chi connectivity index (χ3n) is 11.2. The van der Waals surface area contributed by atoms with Crippen LogP contribution in [0.15, 0.2) is 40.5 Å². The lowest BCUT2D eigenvalue weighted by Gasteiger charge is -2.63. The molecule has 214 valence electrons. The average Bonchev–Trinajstić information content (AvgIpc) is 3.50. The predicted molar refractivity (Wildman–Crippen MR) is 149 cm³/mol. The summed E-state index contributed by atoms with van der Waals surface area (Å²) in [6, 6.07) is 7.94. The number of ether oxygens (including phenoxy) is 2. The van der Waals surface area contributed by atoms with Crippen molar-refractivity contribution in [3.63, 3.8) is 0 Å². The average molecular weight is 616 g/mol. The summed E-state index contributed by atoms with van der Waals surface area (Å²) < 4.78 is 33.5. The fraction of sp³-hybridized carbons (Fsp3) is 0.613. The van der Waals surface area contributed by atoms with E-state index in [-0.39, 0.29) is 12.3 Å². The van der Waals surface area contributed by atoms with Gasteiger partial charge in [0.1, 0.15) is 12.3 Å². The molecule has 7 nitrogen and oxygen atoms in total. The molecule has 2 aromatic rings. The number of aliphatic hydroxyl groups is 2. The standard InChI is InChI=1S/C31H36BrFN2O5/c1-27(2)39-26-12-22-21-10-5-18-11-23-17(15-34-35(23)20-8-6-19(32)7-9-20)13-28(18,3)30(21,33)24(37)14-29(22,4)31(26,40-27)25(38)16-36/h6-9,11,15,21-22,24,26,36-37H,5,10,12-14,16H2,1-4H3/t21-,22-,24-,26+,28-,29-,30-,31+/m0/s1. The first-order chi connectivity index (χ1) is 18.8. The molecule has 9 heteroatoms. The van der Waals surface area contributed by atoms with Gasteiger partial charge in [-0.15, -0.1) is 0 Å². The topological polar surface area (TPSA) is 93.8 Å². The van der Waals surface area contributed by atoms with E-state index in [4.69, 9.17) is 9.47 Å². The number of allylic oxidation sites excluding steroid dienone is 1. The molecule has 0 bridgehead atoms. The van der Waals surface area contributed by atoms with Crippen LogP contribution in [0.3, 0.4) is 0 Å². The smallest absolute Gasteiger partial charge is 0.193 e. The number of aromatic nitrogens is 2. The van der Waals surface area contributed by atoms with Crippen LogP contribution in [0.25, 0.3) is 11.8 Å². The van der Waals surface area contributed by atoms with Crippen LogP contribution >= 0.6 is 15.9 Å². The second kappa shape index (κ2) is 8.34. The van der Waals surface area contributed by atoms with Crippen LogP contribution in [0.4, 0.5) is 4.39 Å². The lowest BCUT2D eigenvalue weighted by molar-refractivity contribution is -0.250. The number of carbonyl (C=O) groups is 1. The molecule has 7 rings (SSSR count). The van der Waals surface area contributed by atoms with Gasteiger partial charge in [0.15, 0.2) is 17.2 Å². The molecule has 4 aliphatic carbocycles. The zero-order valence-electron chi connectivity index (χ0n) is 23.3. The molecular weight excluding hydrogens is 579 g/mol. The maximum atomic E-state index is 18.0. The van der Waals surface area contributed by atoms with Gasteiger partial charge in [-0.3, -0.25) is 4.79 Å². The fourth-order valence-corrected chi connectivity index (χ4v) is 9.82. The molecule has 0 radical (unpaired) electrons. The number of Topliss-reactive ketones (excluding diaryl/α,β-unsaturated/α-hetero) is 1. The van der Waals surface area contributed by atoms with Crippen LogP contribution in [0, 0.1) is 22.7 Å². The van der Waals surface area contributed by atoms with Crippen molar-refractivity contribution in [1.82, 2.24) is 9.78 Å². The number of aliphatic hydroxyl groups excluding tert-OH is 2. The third kappa shape index (κ3) is 3.13. The van der Waals surface area contributed by atoms with E-state index in [1.807, 2.05) is 49.0 Å². The largest absolute Gasteiger partial charge is 0.390 e. The molecule has 1 aromatic carbocycles. The number of alkyl halides is 1. The van der Waals surface area contributed by atoms with E-state index in [1.54, 1.807) is 13.8 Å². The molecule has 3 saturated carbocycles. The zero-order chi connectivity index (χ0) is 28.5. The molecule has 0 spiro atoms. The third-order valence-corrected chi connectivity index (χ3v) is 11.7. The number of nitrogens with zero attached hydrogens (tertiary/aromatic N) is 2. The summed E-state index contributed by atoms with van der Waals surface area (Å²) in [6.45, 7) is 6.74. The normalized spacial score (nSPS) is 42.8. The van der Waals surface area contributed by atoms with Crippen molar-refractivity contribution in [3.05, 3.63) is 51.8 Å². The maximum Gasteiger partial charge on any atom is 0.193 e. The summed E-state index contributed by atoms with van der Waals surface area (Å²) in [5.41, 5.74) is -1.29. The van der Waals surface area contributed by atoms with Crippen molar-refractivity contribution in [1.29, 1.82) is 0 Å². The minimum Gasteiger partial charge on any atom is -0.390 e. The first-order valence-corrected chi connectivity index (χ1v) is 15.0. The molecule has 2 N–H and O–H groups in total. The first kappa shape index (κ1) is 27.0. The van der Waals surface area contributed by atoms with Gasteiger partial charge >= 0.3 is 0 Å². The lowest BCUT2D eigenvalue weighted by Crippen LogP contribution is -2.70. The van der Waals surface area contributed by atoms with Crippen molar-refractivity contribution >= 4 is 27.8 Å². The molecule has 4 fully saturated rings. The summed E-state index contributed by atoms with van der Waals surface area (Å²) in [7, 11) is 0. The van der Waals surface area contributed by atoms with Crippen LogP contribution in [0.2, 0.25) is 0 Å². The molecule has 1 aromatic heterocycles. The highest BCUT2D eigenvalue weighted by Gasteiger charge is 2.80.